The molecular formula is C18H29Cl2N3O2. The largest absolute Gasteiger partial charge is 0.352 e. The highest BCUT2D eigenvalue weighted by atomic mass is 35.5. The lowest BCUT2D eigenvalue weighted by Crippen LogP contribution is -2.52. The molecule has 0 heterocycles. The van der Waals surface area contributed by atoms with Crippen LogP contribution in [0.4, 0.5) is 0 Å². The molecule has 2 amide bonds. The molecule has 25 heavy (non-hydrogen) atoms. The molecule has 1 aromatic carbocycles. The van der Waals surface area contributed by atoms with Crippen LogP contribution in [0.1, 0.15) is 50.4 Å². The number of carbonyl (C=O) groups is 2. The summed E-state index contributed by atoms with van der Waals surface area (Å²) in [6.07, 6.45) is 1.77. The second-order valence-electron chi connectivity index (χ2n) is 6.78. The molecule has 4 N–H and O–H groups in total. The summed E-state index contributed by atoms with van der Waals surface area (Å²) in [5.41, 5.74) is 5.97. The molecule has 1 rings (SSSR count). The minimum atomic E-state index is -0.377. The van der Waals surface area contributed by atoms with Crippen molar-refractivity contribution in [1.82, 2.24) is 10.6 Å². The Balaban J connectivity index is 0.00000576. The number of benzene rings is 1. The third-order valence-corrected chi connectivity index (χ3v) is 3.98. The number of halogens is 2. The molecule has 1 aromatic rings. The summed E-state index contributed by atoms with van der Waals surface area (Å²) in [5, 5.41) is 6.40. The summed E-state index contributed by atoms with van der Waals surface area (Å²) in [5.74, 6) is 0.250. The number of carbonyl (C=O) groups excluding carboxylic acids is 2. The van der Waals surface area contributed by atoms with Crippen LogP contribution in [0.25, 0.3) is 0 Å². The fourth-order valence-electron chi connectivity index (χ4n) is 2.64. The van der Waals surface area contributed by atoms with Gasteiger partial charge in [-0.1, -0.05) is 25.4 Å². The number of hydrogen-bond acceptors (Lipinski definition) is 3. The molecule has 1 unspecified atom stereocenters. The van der Waals surface area contributed by atoms with Crippen molar-refractivity contribution < 1.29 is 9.59 Å². The molecular weight excluding hydrogens is 361 g/mol. The van der Waals surface area contributed by atoms with Gasteiger partial charge in [0.1, 0.15) is 0 Å². The van der Waals surface area contributed by atoms with Gasteiger partial charge in [0, 0.05) is 35.6 Å². The van der Waals surface area contributed by atoms with Gasteiger partial charge in [0.05, 0.1) is 0 Å². The maximum absolute atomic E-state index is 12.1. The third-order valence-electron chi connectivity index (χ3n) is 3.72. The van der Waals surface area contributed by atoms with Gasteiger partial charge in [0.15, 0.2) is 0 Å². The van der Waals surface area contributed by atoms with Crippen molar-refractivity contribution in [3.8, 4) is 0 Å². The van der Waals surface area contributed by atoms with Crippen molar-refractivity contribution in [2.24, 2.45) is 11.7 Å². The first-order valence-electron chi connectivity index (χ1n) is 8.30. The average Bonchev–Trinajstić information content (AvgIpc) is 2.51. The Labute approximate surface area is 161 Å². The van der Waals surface area contributed by atoms with E-state index in [1.54, 1.807) is 24.3 Å². The van der Waals surface area contributed by atoms with Crippen molar-refractivity contribution in [3.63, 3.8) is 0 Å². The molecule has 1 atom stereocenters. The van der Waals surface area contributed by atoms with Crippen molar-refractivity contribution in [3.05, 3.63) is 34.9 Å². The Bertz CT molecular complexity index is 550. The summed E-state index contributed by atoms with van der Waals surface area (Å²) >= 11 is 5.79. The number of nitrogens with two attached hydrogens (primary N) is 1. The molecule has 0 saturated carbocycles. The van der Waals surface area contributed by atoms with Gasteiger partial charge in [-0.2, -0.15) is 0 Å². The smallest absolute Gasteiger partial charge is 0.251 e. The topological polar surface area (TPSA) is 84.2 Å². The van der Waals surface area contributed by atoms with Gasteiger partial charge in [-0.3, -0.25) is 9.59 Å². The third kappa shape index (κ3) is 9.10. The molecule has 0 bridgehead atoms. The Hall–Kier alpha value is -1.30. The second-order valence-corrected chi connectivity index (χ2v) is 7.21. The van der Waals surface area contributed by atoms with E-state index in [0.29, 0.717) is 42.4 Å². The first kappa shape index (κ1) is 23.7. The van der Waals surface area contributed by atoms with Crippen LogP contribution < -0.4 is 16.4 Å². The number of hydrogen-bond donors (Lipinski definition) is 3. The fourth-order valence-corrected chi connectivity index (χ4v) is 2.77. The van der Waals surface area contributed by atoms with E-state index < -0.39 is 0 Å². The zero-order chi connectivity index (χ0) is 18.2. The van der Waals surface area contributed by atoms with E-state index >= 15 is 0 Å². The van der Waals surface area contributed by atoms with Gasteiger partial charge in [-0.25, -0.2) is 0 Å². The first-order valence-corrected chi connectivity index (χ1v) is 8.68. The summed E-state index contributed by atoms with van der Waals surface area (Å²) in [7, 11) is 0. The Kier molecular flexibility index (Phi) is 10.8. The molecule has 0 aliphatic carbocycles. The van der Waals surface area contributed by atoms with Crippen LogP contribution >= 0.6 is 24.0 Å². The maximum Gasteiger partial charge on any atom is 0.251 e. The van der Waals surface area contributed by atoms with Crippen molar-refractivity contribution >= 4 is 35.8 Å². The Morgan fingerprint density at radius 1 is 1.24 bits per heavy atom. The predicted octanol–water partition coefficient (Wildman–Crippen LogP) is 3.15. The molecule has 0 aliphatic heterocycles. The van der Waals surface area contributed by atoms with E-state index in [0.717, 1.165) is 6.42 Å². The summed E-state index contributed by atoms with van der Waals surface area (Å²) in [6, 6.07) is 6.69. The molecule has 142 valence electrons. The van der Waals surface area contributed by atoms with E-state index in [1.807, 2.05) is 6.92 Å². The standard InChI is InChI=1S/C18H28ClN3O2.ClH/c1-13(2)11-18(3,12-20)22-16(23)5-4-10-21-17(24)14-6-8-15(19)9-7-14;/h6-9,13H,4-5,10-12,20H2,1-3H3,(H,21,24)(H,22,23);1H. The quantitative estimate of drug-likeness (QED) is 0.567. The normalized spacial score (nSPS) is 12.9. The highest BCUT2D eigenvalue weighted by Crippen LogP contribution is 2.15. The first-order chi connectivity index (χ1) is 11.3. The van der Waals surface area contributed by atoms with Gasteiger partial charge in [-0.05, 0) is 49.9 Å². The number of rotatable bonds is 9. The highest BCUT2D eigenvalue weighted by molar-refractivity contribution is 6.30. The van der Waals surface area contributed by atoms with E-state index in [-0.39, 0.29) is 29.8 Å². The van der Waals surface area contributed by atoms with E-state index in [9.17, 15) is 9.59 Å². The van der Waals surface area contributed by atoms with Crippen LogP contribution in [-0.2, 0) is 4.79 Å². The minimum Gasteiger partial charge on any atom is -0.352 e. The van der Waals surface area contributed by atoms with Crippen molar-refractivity contribution in [2.75, 3.05) is 13.1 Å². The second kappa shape index (κ2) is 11.3. The number of nitrogens with one attached hydrogen (secondary N) is 2. The summed E-state index contributed by atoms with van der Waals surface area (Å²) in [4.78, 5) is 24.0. The van der Waals surface area contributed by atoms with E-state index in [2.05, 4.69) is 24.5 Å². The predicted molar refractivity (Wildman–Crippen MR) is 105 cm³/mol. The fraction of sp³-hybridized carbons (Fsp3) is 0.556. The van der Waals surface area contributed by atoms with Gasteiger partial charge >= 0.3 is 0 Å². The molecule has 0 aliphatic rings. The lowest BCUT2D eigenvalue weighted by atomic mass is 9.90. The van der Waals surface area contributed by atoms with Gasteiger partial charge in [0.2, 0.25) is 5.91 Å². The molecule has 0 fully saturated rings. The molecule has 0 spiro atoms. The van der Waals surface area contributed by atoms with Crippen LogP contribution in [-0.4, -0.2) is 30.4 Å². The van der Waals surface area contributed by atoms with Crippen LogP contribution in [0.3, 0.4) is 0 Å². The summed E-state index contributed by atoms with van der Waals surface area (Å²) in [6.45, 7) is 7.02. The lowest BCUT2D eigenvalue weighted by Gasteiger charge is -2.31. The molecule has 5 nitrogen and oxygen atoms in total. The zero-order valence-corrected chi connectivity index (χ0v) is 16.7. The van der Waals surface area contributed by atoms with Crippen LogP contribution in [0.2, 0.25) is 5.02 Å². The van der Waals surface area contributed by atoms with Gasteiger partial charge in [0.25, 0.3) is 5.91 Å². The Morgan fingerprint density at radius 3 is 2.36 bits per heavy atom. The average molecular weight is 390 g/mol. The molecule has 0 aromatic heterocycles. The zero-order valence-electron chi connectivity index (χ0n) is 15.1. The molecule has 0 saturated heterocycles. The SMILES string of the molecule is CC(C)CC(C)(CN)NC(=O)CCCNC(=O)c1ccc(Cl)cc1.Cl. The number of amides is 2. The Morgan fingerprint density at radius 2 is 1.84 bits per heavy atom. The van der Waals surface area contributed by atoms with Gasteiger partial charge in [-0.15, -0.1) is 12.4 Å². The van der Waals surface area contributed by atoms with Crippen molar-refractivity contribution in [1.29, 1.82) is 0 Å². The molecule has 7 heteroatoms. The highest BCUT2D eigenvalue weighted by Gasteiger charge is 2.25. The molecule has 0 radical (unpaired) electrons. The van der Waals surface area contributed by atoms with Crippen molar-refractivity contribution in [2.45, 2.75) is 45.6 Å². The van der Waals surface area contributed by atoms with Crippen LogP contribution in [0, 0.1) is 5.92 Å². The van der Waals surface area contributed by atoms with Gasteiger partial charge < -0.3 is 16.4 Å². The maximum atomic E-state index is 12.1. The van der Waals surface area contributed by atoms with Crippen LogP contribution in [0.15, 0.2) is 24.3 Å². The summed E-state index contributed by atoms with van der Waals surface area (Å²) < 4.78 is 0. The van der Waals surface area contributed by atoms with E-state index in [4.69, 9.17) is 17.3 Å². The van der Waals surface area contributed by atoms with Crippen LogP contribution in [0.5, 0.6) is 0 Å². The van der Waals surface area contributed by atoms with E-state index in [1.165, 1.54) is 0 Å². The monoisotopic (exact) mass is 389 g/mol. The minimum absolute atomic E-state index is 0. The lowest BCUT2D eigenvalue weighted by molar-refractivity contribution is -0.123.